The lowest BCUT2D eigenvalue weighted by molar-refractivity contribution is -0.390. The van der Waals surface area contributed by atoms with E-state index in [1.54, 1.807) is 0 Å². The van der Waals surface area contributed by atoms with Crippen LogP contribution in [0.15, 0.2) is 0 Å². The molecule has 5 rings (SSSR count). The van der Waals surface area contributed by atoms with Crippen molar-refractivity contribution in [2.45, 2.75) is 167 Å². The van der Waals surface area contributed by atoms with Crippen LogP contribution < -0.4 is 5.32 Å². The summed E-state index contributed by atoms with van der Waals surface area (Å²) in [4.78, 5) is 12.9. The lowest BCUT2D eigenvalue weighted by atomic mass is 9.93. The standard InChI is InChI=1S/C32H55NO31S2/c1-7-14(39)17(42)20(45)30(54-7)61-24-13(33-8(2)38)29(62-25-15(40)9(3-34)56-31(21(25)46)59-22-11(5-36)55-28(47)19(44)18(22)43)58-12(6-37)23(24)60-32-27(64-66(51,52)53)26(63-65(48,49)50)16(41)10(4-35)57-32/h7,9-32,34-37,39-47H,3-6H2,1-2H3,(H,33,38)(H,48,49,50)(H,51,52,53)/t7-,9+,10+,11+,12+,13+,14+,15-,16-,17+,18+,19+,20-,21+,22+,23+,24+,25-,26-,27+,28+,29-,30-,31-,32-/m0/s1. The predicted molar refractivity (Wildman–Crippen MR) is 198 cm³/mol. The molecule has 0 aliphatic carbocycles. The van der Waals surface area contributed by atoms with E-state index in [0.29, 0.717) is 0 Å². The number of carbonyl (C=O) groups excluding carboxylic acids is 1. The molecule has 0 bridgehead atoms. The second kappa shape index (κ2) is 22.6. The fourth-order valence-electron chi connectivity index (χ4n) is 7.83. The first-order chi connectivity index (χ1) is 30.7. The van der Waals surface area contributed by atoms with Crippen molar-refractivity contribution in [3.05, 3.63) is 0 Å². The molecule has 32 nitrogen and oxygen atoms in total. The lowest BCUT2D eigenvalue weighted by Gasteiger charge is -2.52. The van der Waals surface area contributed by atoms with Crippen molar-refractivity contribution in [2.75, 3.05) is 26.4 Å². The number of hydrogen-bond donors (Lipinski definition) is 16. The molecular weight excluding hydrogens is 958 g/mol. The molecule has 66 heavy (non-hydrogen) atoms. The van der Waals surface area contributed by atoms with E-state index in [9.17, 15) is 97.1 Å². The molecule has 1 amide bonds. The molecule has 386 valence electrons. The summed E-state index contributed by atoms with van der Waals surface area (Å²) < 4.78 is 127. The molecule has 0 spiro atoms. The first-order valence-electron chi connectivity index (χ1n) is 19.8. The minimum absolute atomic E-state index is 0.908. The molecule has 0 aromatic heterocycles. The largest absolute Gasteiger partial charge is 0.397 e. The second-order valence-electron chi connectivity index (χ2n) is 15.7. The molecule has 5 fully saturated rings. The summed E-state index contributed by atoms with van der Waals surface area (Å²) in [5.41, 5.74) is 0. The second-order valence-corrected chi connectivity index (χ2v) is 17.8. The van der Waals surface area contributed by atoms with E-state index in [-0.39, 0.29) is 0 Å². The molecule has 0 unspecified atom stereocenters. The summed E-state index contributed by atoms with van der Waals surface area (Å²) in [6, 6.07) is -1.99. The molecule has 0 aromatic rings. The van der Waals surface area contributed by atoms with Gasteiger partial charge in [0.15, 0.2) is 37.6 Å². The van der Waals surface area contributed by atoms with Gasteiger partial charge in [-0.1, -0.05) is 0 Å². The molecule has 0 radical (unpaired) electrons. The Hall–Kier alpha value is -1.67. The molecule has 5 heterocycles. The monoisotopic (exact) mass is 1010 g/mol. The number of hydrogen-bond acceptors (Lipinski definition) is 29. The molecule has 5 aliphatic rings. The van der Waals surface area contributed by atoms with Crippen molar-refractivity contribution >= 4 is 26.7 Å². The Morgan fingerprint density at radius 1 is 0.470 bits per heavy atom. The summed E-state index contributed by atoms with van der Waals surface area (Å²) in [6.45, 7) is -2.35. The van der Waals surface area contributed by atoms with Crippen LogP contribution in [0.25, 0.3) is 0 Å². The maximum absolute atomic E-state index is 12.9. The van der Waals surface area contributed by atoms with Crippen LogP contribution in [0.4, 0.5) is 0 Å². The first kappa shape index (κ1) is 55.3. The fraction of sp³-hybridized carbons (Fsp3) is 0.969. The van der Waals surface area contributed by atoms with Gasteiger partial charge in [-0.25, -0.2) is 8.37 Å². The van der Waals surface area contributed by atoms with E-state index < -0.39 is 207 Å². The summed E-state index contributed by atoms with van der Waals surface area (Å²) in [7, 11) is -11.4. The smallest absolute Gasteiger partial charge is 0.394 e. The number of carbonyl (C=O) groups is 1. The van der Waals surface area contributed by atoms with Gasteiger partial charge in [-0.2, -0.15) is 16.8 Å². The van der Waals surface area contributed by atoms with Crippen LogP contribution in [0.2, 0.25) is 0 Å². The zero-order valence-corrected chi connectivity index (χ0v) is 36.0. The highest BCUT2D eigenvalue weighted by Crippen LogP contribution is 2.38. The van der Waals surface area contributed by atoms with Crippen molar-refractivity contribution in [2.24, 2.45) is 0 Å². The highest BCUT2D eigenvalue weighted by molar-refractivity contribution is 7.81. The van der Waals surface area contributed by atoms with E-state index >= 15 is 0 Å². The van der Waals surface area contributed by atoms with Gasteiger partial charge in [0, 0.05) is 6.92 Å². The average Bonchev–Trinajstić information content (AvgIpc) is 3.23. The van der Waals surface area contributed by atoms with E-state index in [4.69, 9.17) is 42.6 Å². The van der Waals surface area contributed by atoms with E-state index in [1.165, 1.54) is 6.92 Å². The third kappa shape index (κ3) is 12.6. The van der Waals surface area contributed by atoms with Crippen molar-refractivity contribution in [1.29, 1.82) is 0 Å². The molecular formula is C32H55NO31S2. The summed E-state index contributed by atoms with van der Waals surface area (Å²) in [5, 5.41) is 139. The van der Waals surface area contributed by atoms with E-state index in [0.717, 1.165) is 6.92 Å². The van der Waals surface area contributed by atoms with Gasteiger partial charge in [0.2, 0.25) is 5.91 Å². The normalized spacial score (nSPS) is 47.3. The summed E-state index contributed by atoms with van der Waals surface area (Å²) in [5.74, 6) is -0.989. The number of amides is 1. The van der Waals surface area contributed by atoms with Crippen LogP contribution >= 0.6 is 0 Å². The average molecular weight is 1010 g/mol. The van der Waals surface area contributed by atoms with Crippen LogP contribution in [0.3, 0.4) is 0 Å². The number of nitrogens with one attached hydrogen (secondary N) is 1. The zero-order chi connectivity index (χ0) is 49.3. The van der Waals surface area contributed by atoms with E-state index in [1.807, 2.05) is 0 Å². The Morgan fingerprint density at radius 3 is 1.47 bits per heavy atom. The minimum Gasteiger partial charge on any atom is -0.394 e. The topological polar surface area (TPSA) is 502 Å². The van der Waals surface area contributed by atoms with Crippen molar-refractivity contribution in [3.63, 3.8) is 0 Å². The van der Waals surface area contributed by atoms with Gasteiger partial charge in [-0.05, 0) is 6.92 Å². The number of aliphatic hydroxyl groups excluding tert-OH is 13. The fourth-order valence-corrected chi connectivity index (χ4v) is 8.82. The maximum Gasteiger partial charge on any atom is 0.397 e. The van der Waals surface area contributed by atoms with Crippen molar-refractivity contribution in [3.8, 4) is 0 Å². The van der Waals surface area contributed by atoms with Gasteiger partial charge in [0.25, 0.3) is 0 Å². The number of aliphatic hydroxyl groups is 13. The highest BCUT2D eigenvalue weighted by Gasteiger charge is 2.59. The van der Waals surface area contributed by atoms with Gasteiger partial charge in [-0.3, -0.25) is 13.9 Å². The van der Waals surface area contributed by atoms with Gasteiger partial charge in [0.1, 0.15) is 110 Å². The maximum atomic E-state index is 12.9. The Balaban J connectivity index is 1.57. The summed E-state index contributed by atoms with van der Waals surface area (Å²) in [6.07, 6.45) is -49.7. The Bertz CT molecular complexity index is 1800. The van der Waals surface area contributed by atoms with Crippen LogP contribution in [0, 0.1) is 0 Å². The molecule has 5 saturated heterocycles. The van der Waals surface area contributed by atoms with Crippen LogP contribution in [-0.4, -0.2) is 278 Å². The Labute approximate surface area is 373 Å². The number of rotatable bonds is 17. The van der Waals surface area contributed by atoms with Crippen LogP contribution in [0.1, 0.15) is 13.8 Å². The van der Waals surface area contributed by atoms with Crippen LogP contribution in [0.5, 0.6) is 0 Å². The van der Waals surface area contributed by atoms with Gasteiger partial charge >= 0.3 is 20.8 Å². The van der Waals surface area contributed by atoms with Crippen molar-refractivity contribution < 1.29 is 148 Å². The molecule has 0 aromatic carbocycles. The minimum atomic E-state index is -5.74. The van der Waals surface area contributed by atoms with Crippen LogP contribution in [-0.2, 0) is 76.6 Å². The summed E-state index contributed by atoms with van der Waals surface area (Å²) >= 11 is 0. The molecule has 34 heteroatoms. The van der Waals surface area contributed by atoms with Crippen molar-refractivity contribution in [1.82, 2.24) is 5.32 Å². The zero-order valence-electron chi connectivity index (χ0n) is 34.3. The third-order valence-corrected chi connectivity index (χ3v) is 12.0. The highest BCUT2D eigenvalue weighted by atomic mass is 32.3. The van der Waals surface area contributed by atoms with Gasteiger partial charge in [-0.15, -0.1) is 0 Å². The SMILES string of the molecule is CC(=O)N[C@H]1[C@H](O[C@H]2[C@@H](O)[C@@H](CO)O[C@@H](O[C@H]3[C@H](O)[C@@H](O)[C@H](O)O[C@@H]3CO)[C@@H]2O)O[C@H](CO)[C@@H](O[C@@H]2O[C@H](CO)[C@H](O)[C@H](OS(=O)(=O)O)[C@H]2OS(=O)(=O)O)[C@@H]1O[C@@H]1O[C@@H](C)[C@@H](O)[C@@H](O)[C@@H]1O. The van der Waals surface area contributed by atoms with Gasteiger partial charge in [0.05, 0.1) is 32.5 Å². The third-order valence-electron chi connectivity index (χ3n) is 11.1. The quantitative estimate of drug-likeness (QED) is 0.0602. The lowest BCUT2D eigenvalue weighted by Crippen LogP contribution is -2.71. The molecule has 16 N–H and O–H groups in total. The molecule has 25 atom stereocenters. The molecule has 0 saturated carbocycles. The Morgan fingerprint density at radius 2 is 0.924 bits per heavy atom. The number of ether oxygens (including phenoxy) is 9. The predicted octanol–water partition coefficient (Wildman–Crippen LogP) is -11.1. The van der Waals surface area contributed by atoms with Gasteiger partial charge < -0.3 is 114 Å². The Kier molecular flexibility index (Phi) is 18.9. The first-order valence-corrected chi connectivity index (χ1v) is 22.5. The van der Waals surface area contributed by atoms with E-state index in [2.05, 4.69) is 13.7 Å². The molecule has 5 aliphatic heterocycles.